The van der Waals surface area contributed by atoms with Crippen molar-refractivity contribution in [2.24, 2.45) is 5.10 Å². The first-order valence-electron chi connectivity index (χ1n) is 5.97. The van der Waals surface area contributed by atoms with Gasteiger partial charge in [-0.1, -0.05) is 13.8 Å². The van der Waals surface area contributed by atoms with Crippen molar-refractivity contribution in [3.8, 4) is 5.75 Å². The quantitative estimate of drug-likeness (QED) is 0.638. The lowest BCUT2D eigenvalue weighted by atomic mass is 9.95. The number of amides is 1. The number of phenolic OH excluding ortho intramolecular Hbond substituents is 1. The van der Waals surface area contributed by atoms with Crippen molar-refractivity contribution < 1.29 is 9.90 Å². The highest BCUT2D eigenvalue weighted by molar-refractivity contribution is 6.00. The Balaban J connectivity index is 3.20. The maximum atomic E-state index is 10.8. The van der Waals surface area contributed by atoms with Gasteiger partial charge in [0, 0.05) is 12.5 Å². The number of nitrogens with one attached hydrogen (secondary N) is 1. The summed E-state index contributed by atoms with van der Waals surface area (Å²) in [6.45, 7) is 9.20. The molecule has 1 amide bonds. The summed E-state index contributed by atoms with van der Waals surface area (Å²) in [6, 6.07) is 3.66. The van der Waals surface area contributed by atoms with Crippen LogP contribution in [0, 0.1) is 6.92 Å². The predicted molar refractivity (Wildman–Crippen MR) is 73.0 cm³/mol. The van der Waals surface area contributed by atoms with Crippen LogP contribution >= 0.6 is 0 Å². The van der Waals surface area contributed by atoms with Crippen molar-refractivity contribution in [1.82, 2.24) is 5.43 Å². The SMILES string of the molecule is CC(=O)N/N=C(\C)c1cc(C(C)C)c(O)cc1C. The normalized spacial score (nSPS) is 11.8. The predicted octanol–water partition coefficient (Wildman–Crippen LogP) is 2.68. The molecule has 0 fully saturated rings. The third-order valence-corrected chi connectivity index (χ3v) is 2.77. The molecule has 0 aromatic heterocycles. The van der Waals surface area contributed by atoms with E-state index in [1.54, 1.807) is 6.07 Å². The van der Waals surface area contributed by atoms with Gasteiger partial charge in [-0.15, -0.1) is 0 Å². The highest BCUT2D eigenvalue weighted by Crippen LogP contribution is 2.28. The van der Waals surface area contributed by atoms with E-state index in [1.165, 1.54) is 6.92 Å². The third kappa shape index (κ3) is 3.32. The van der Waals surface area contributed by atoms with Gasteiger partial charge in [-0.3, -0.25) is 4.79 Å². The number of aromatic hydroxyl groups is 1. The largest absolute Gasteiger partial charge is 0.508 e. The highest BCUT2D eigenvalue weighted by atomic mass is 16.3. The van der Waals surface area contributed by atoms with Gasteiger partial charge in [0.2, 0.25) is 5.91 Å². The van der Waals surface area contributed by atoms with Crippen LogP contribution in [0.25, 0.3) is 0 Å². The molecule has 18 heavy (non-hydrogen) atoms. The van der Waals surface area contributed by atoms with Crippen LogP contribution in [-0.4, -0.2) is 16.7 Å². The molecule has 0 spiro atoms. The number of carbonyl (C=O) groups excluding carboxylic acids is 1. The first-order valence-corrected chi connectivity index (χ1v) is 5.97. The summed E-state index contributed by atoms with van der Waals surface area (Å²) in [5.74, 6) is 0.339. The van der Waals surface area contributed by atoms with Gasteiger partial charge in [0.05, 0.1) is 5.71 Å². The second-order valence-electron chi connectivity index (χ2n) is 4.75. The minimum Gasteiger partial charge on any atom is -0.508 e. The second-order valence-corrected chi connectivity index (χ2v) is 4.75. The first kappa shape index (κ1) is 14.2. The smallest absolute Gasteiger partial charge is 0.236 e. The minimum atomic E-state index is -0.199. The van der Waals surface area contributed by atoms with Crippen LogP contribution in [0.3, 0.4) is 0 Å². The maximum Gasteiger partial charge on any atom is 0.236 e. The van der Waals surface area contributed by atoms with Crippen molar-refractivity contribution >= 4 is 11.6 Å². The monoisotopic (exact) mass is 248 g/mol. The van der Waals surface area contributed by atoms with Gasteiger partial charge >= 0.3 is 0 Å². The summed E-state index contributed by atoms with van der Waals surface area (Å²) in [6.07, 6.45) is 0. The molecule has 0 radical (unpaired) electrons. The molecule has 0 atom stereocenters. The Morgan fingerprint density at radius 1 is 1.33 bits per heavy atom. The van der Waals surface area contributed by atoms with Gasteiger partial charge in [0.15, 0.2) is 0 Å². The van der Waals surface area contributed by atoms with Gasteiger partial charge in [-0.25, -0.2) is 5.43 Å². The molecule has 0 aliphatic heterocycles. The van der Waals surface area contributed by atoms with Crippen LogP contribution in [0.5, 0.6) is 5.75 Å². The fourth-order valence-electron chi connectivity index (χ4n) is 1.78. The molecule has 0 saturated heterocycles. The minimum absolute atomic E-state index is 0.199. The Morgan fingerprint density at radius 3 is 2.44 bits per heavy atom. The molecular formula is C14H20N2O2. The number of benzene rings is 1. The van der Waals surface area contributed by atoms with Crippen LogP contribution in [0.4, 0.5) is 0 Å². The third-order valence-electron chi connectivity index (χ3n) is 2.77. The summed E-state index contributed by atoms with van der Waals surface area (Å²) < 4.78 is 0. The first-order chi connectivity index (χ1) is 8.32. The standard InChI is InChI=1S/C14H20N2O2/c1-8(2)12-7-13(9(3)6-14(12)18)10(4)15-16-11(5)17/h6-8,18H,1-5H3,(H,16,17)/b15-10+. The van der Waals surface area contributed by atoms with Crippen LogP contribution in [0.15, 0.2) is 17.2 Å². The fraction of sp³-hybridized carbons (Fsp3) is 0.429. The van der Waals surface area contributed by atoms with E-state index in [2.05, 4.69) is 10.5 Å². The molecule has 0 aliphatic carbocycles. The van der Waals surface area contributed by atoms with E-state index < -0.39 is 0 Å². The number of hydrazone groups is 1. The average Bonchev–Trinajstić information content (AvgIpc) is 2.25. The second kappa shape index (κ2) is 5.67. The number of rotatable bonds is 3. The van der Waals surface area contributed by atoms with Gasteiger partial charge < -0.3 is 5.11 Å². The summed E-state index contributed by atoms with van der Waals surface area (Å²) in [4.78, 5) is 10.8. The summed E-state index contributed by atoms with van der Waals surface area (Å²) in [5.41, 5.74) is 5.90. The average molecular weight is 248 g/mol. The van der Waals surface area contributed by atoms with Crippen molar-refractivity contribution in [2.75, 3.05) is 0 Å². The molecule has 98 valence electrons. The molecule has 0 saturated carbocycles. The van der Waals surface area contributed by atoms with Crippen molar-refractivity contribution in [3.63, 3.8) is 0 Å². The number of hydrogen-bond donors (Lipinski definition) is 2. The van der Waals surface area contributed by atoms with Crippen LogP contribution < -0.4 is 5.43 Å². The Morgan fingerprint density at radius 2 is 1.94 bits per heavy atom. The molecule has 4 heteroatoms. The van der Waals surface area contributed by atoms with Crippen LogP contribution in [0.2, 0.25) is 0 Å². The molecule has 2 N–H and O–H groups in total. The zero-order valence-electron chi connectivity index (χ0n) is 11.5. The maximum absolute atomic E-state index is 10.8. The van der Waals surface area contributed by atoms with E-state index in [0.29, 0.717) is 5.75 Å². The Labute approximate surface area is 108 Å². The van der Waals surface area contributed by atoms with Crippen LogP contribution in [-0.2, 0) is 4.79 Å². The highest BCUT2D eigenvalue weighted by Gasteiger charge is 2.11. The summed E-state index contributed by atoms with van der Waals surface area (Å²) in [5, 5.41) is 13.9. The molecular weight excluding hydrogens is 228 g/mol. The molecule has 1 rings (SSSR count). The molecule has 0 bridgehead atoms. The van der Waals surface area contributed by atoms with E-state index in [-0.39, 0.29) is 11.8 Å². The lowest BCUT2D eigenvalue weighted by Gasteiger charge is -2.13. The molecule has 1 aromatic rings. The summed E-state index contributed by atoms with van der Waals surface area (Å²) >= 11 is 0. The van der Waals surface area contributed by atoms with E-state index >= 15 is 0 Å². The number of aryl methyl sites for hydroxylation is 1. The zero-order valence-corrected chi connectivity index (χ0v) is 11.5. The lowest BCUT2D eigenvalue weighted by Crippen LogP contribution is -2.15. The number of carbonyl (C=O) groups is 1. The molecule has 4 nitrogen and oxygen atoms in total. The van der Waals surface area contributed by atoms with Gasteiger partial charge in [0.25, 0.3) is 0 Å². The number of hydrogen-bond acceptors (Lipinski definition) is 3. The van der Waals surface area contributed by atoms with Crippen LogP contribution in [0.1, 0.15) is 50.3 Å². The topological polar surface area (TPSA) is 61.7 Å². The van der Waals surface area contributed by atoms with Crippen molar-refractivity contribution in [2.45, 2.75) is 40.5 Å². The summed E-state index contributed by atoms with van der Waals surface area (Å²) in [7, 11) is 0. The Kier molecular flexibility index (Phi) is 4.48. The molecule has 0 aliphatic rings. The van der Waals surface area contributed by atoms with Crippen molar-refractivity contribution in [3.05, 3.63) is 28.8 Å². The van der Waals surface area contributed by atoms with Gasteiger partial charge in [0.1, 0.15) is 5.75 Å². The fourth-order valence-corrected chi connectivity index (χ4v) is 1.78. The molecule has 0 unspecified atom stereocenters. The zero-order chi connectivity index (χ0) is 13.9. The van der Waals surface area contributed by atoms with E-state index in [1.807, 2.05) is 33.8 Å². The van der Waals surface area contributed by atoms with Crippen molar-refractivity contribution in [1.29, 1.82) is 0 Å². The molecule has 0 heterocycles. The van der Waals surface area contributed by atoms with E-state index in [9.17, 15) is 9.90 Å². The lowest BCUT2D eigenvalue weighted by molar-refractivity contribution is -0.118. The van der Waals surface area contributed by atoms with E-state index in [0.717, 1.165) is 22.4 Å². The van der Waals surface area contributed by atoms with Gasteiger partial charge in [-0.2, -0.15) is 5.10 Å². The Hall–Kier alpha value is -1.84. The Bertz CT molecular complexity index is 491. The number of nitrogens with zero attached hydrogens (tertiary/aromatic N) is 1. The van der Waals surface area contributed by atoms with Gasteiger partial charge in [-0.05, 0) is 43.0 Å². The van der Waals surface area contributed by atoms with E-state index in [4.69, 9.17) is 0 Å². The molecule has 1 aromatic carbocycles. The number of phenols is 1.